The average Bonchev–Trinajstić information content (AvgIpc) is 2.79. The maximum atomic E-state index is 12.7. The van der Waals surface area contributed by atoms with Gasteiger partial charge in [0, 0.05) is 12.6 Å². The van der Waals surface area contributed by atoms with Crippen LogP contribution in [0.25, 0.3) is 0 Å². The molecule has 0 spiro atoms. The predicted octanol–water partition coefficient (Wildman–Crippen LogP) is 2.01. The van der Waals surface area contributed by atoms with Crippen molar-refractivity contribution in [2.75, 3.05) is 6.54 Å². The molecule has 0 aliphatic carbocycles. The largest absolute Gasteiger partial charge is 0.481 e. The van der Waals surface area contributed by atoms with Gasteiger partial charge in [-0.1, -0.05) is 12.1 Å². The van der Waals surface area contributed by atoms with Crippen molar-refractivity contribution < 1.29 is 19.2 Å². The molecule has 1 aromatic rings. The number of likely N-dealkylation sites (tertiary alicyclic amines) is 1. The highest BCUT2D eigenvalue weighted by Gasteiger charge is 2.32. The Morgan fingerprint density at radius 2 is 2.20 bits per heavy atom. The van der Waals surface area contributed by atoms with Gasteiger partial charge >= 0.3 is 5.97 Å². The molecule has 20 heavy (non-hydrogen) atoms. The van der Waals surface area contributed by atoms with E-state index in [0.717, 1.165) is 19.3 Å². The van der Waals surface area contributed by atoms with E-state index in [0.29, 0.717) is 30.0 Å². The summed E-state index contributed by atoms with van der Waals surface area (Å²) in [5.41, 5.74) is 1.15. The third kappa shape index (κ3) is 2.84. The number of aromatic nitrogens is 1. The number of hydrogen-bond acceptors (Lipinski definition) is 4. The third-order valence-electron chi connectivity index (χ3n) is 3.78. The monoisotopic (exact) mass is 280 g/mol. The second kappa shape index (κ2) is 6.07. The molecule has 0 aromatic carbocycles. The number of carboxylic acids is 1. The number of carboxylic acid groups (broad SMARTS) is 1. The summed E-state index contributed by atoms with van der Waals surface area (Å²) in [6, 6.07) is -0.229. The van der Waals surface area contributed by atoms with Crippen molar-refractivity contribution in [1.29, 1.82) is 0 Å². The maximum Gasteiger partial charge on any atom is 0.305 e. The number of carbonyl (C=O) groups is 2. The van der Waals surface area contributed by atoms with Gasteiger partial charge in [-0.3, -0.25) is 9.59 Å². The first kappa shape index (κ1) is 14.6. The van der Waals surface area contributed by atoms with E-state index in [4.69, 9.17) is 9.63 Å². The fraction of sp³-hybridized carbons (Fsp3) is 0.643. The molecule has 0 saturated carbocycles. The number of aryl methyl sites for hydroxylation is 2. The highest BCUT2D eigenvalue weighted by atomic mass is 16.5. The van der Waals surface area contributed by atoms with Gasteiger partial charge < -0.3 is 14.5 Å². The molecule has 2 rings (SSSR count). The van der Waals surface area contributed by atoms with Crippen LogP contribution in [-0.4, -0.2) is 39.6 Å². The Hall–Kier alpha value is -1.85. The Kier molecular flexibility index (Phi) is 4.42. The maximum absolute atomic E-state index is 12.7. The zero-order valence-corrected chi connectivity index (χ0v) is 11.9. The van der Waals surface area contributed by atoms with E-state index < -0.39 is 5.97 Å². The topological polar surface area (TPSA) is 83.6 Å². The van der Waals surface area contributed by atoms with Gasteiger partial charge in [0.25, 0.3) is 5.91 Å². The normalized spacial score (nSPS) is 19.1. The first-order valence-corrected chi connectivity index (χ1v) is 7.02. The summed E-state index contributed by atoms with van der Waals surface area (Å²) in [5.74, 6) is -0.509. The number of amides is 1. The van der Waals surface area contributed by atoms with Crippen LogP contribution in [0.3, 0.4) is 0 Å². The molecular formula is C14H20N2O4. The van der Waals surface area contributed by atoms with Crippen molar-refractivity contribution in [2.24, 2.45) is 0 Å². The Balaban J connectivity index is 2.25. The van der Waals surface area contributed by atoms with Gasteiger partial charge in [0.2, 0.25) is 0 Å². The number of hydrogen-bond donors (Lipinski definition) is 1. The second-order valence-corrected chi connectivity index (χ2v) is 5.16. The van der Waals surface area contributed by atoms with Crippen LogP contribution >= 0.6 is 0 Å². The average molecular weight is 280 g/mol. The minimum absolute atomic E-state index is 0.00245. The van der Waals surface area contributed by atoms with Crippen LogP contribution in [0.15, 0.2) is 4.52 Å². The summed E-state index contributed by atoms with van der Waals surface area (Å²) >= 11 is 0. The van der Waals surface area contributed by atoms with Crippen LogP contribution < -0.4 is 0 Å². The number of carbonyl (C=O) groups excluding carboxylic acids is 1. The summed E-state index contributed by atoms with van der Waals surface area (Å²) in [4.78, 5) is 25.3. The van der Waals surface area contributed by atoms with Crippen LogP contribution in [0, 0.1) is 6.92 Å². The first-order chi connectivity index (χ1) is 9.54. The molecule has 1 saturated heterocycles. The van der Waals surface area contributed by atoms with Gasteiger partial charge in [0.05, 0.1) is 12.1 Å². The van der Waals surface area contributed by atoms with Crippen LogP contribution in [0.4, 0.5) is 0 Å². The third-order valence-corrected chi connectivity index (χ3v) is 3.78. The molecule has 6 heteroatoms. The number of piperidine rings is 1. The number of aliphatic carboxylic acids is 1. The molecule has 1 fully saturated rings. The molecule has 1 aliphatic rings. The van der Waals surface area contributed by atoms with Gasteiger partial charge in [-0.05, 0) is 32.6 Å². The van der Waals surface area contributed by atoms with E-state index in [1.807, 2.05) is 6.92 Å². The molecule has 1 atom stereocenters. The predicted molar refractivity (Wildman–Crippen MR) is 71.5 cm³/mol. The highest BCUT2D eigenvalue weighted by Crippen LogP contribution is 2.24. The molecule has 1 unspecified atom stereocenters. The Bertz CT molecular complexity index is 509. The van der Waals surface area contributed by atoms with Gasteiger partial charge in [-0.2, -0.15) is 0 Å². The van der Waals surface area contributed by atoms with Crippen molar-refractivity contribution in [3.8, 4) is 0 Å². The van der Waals surface area contributed by atoms with Crippen LogP contribution in [0.2, 0.25) is 0 Å². The molecule has 1 aliphatic heterocycles. The van der Waals surface area contributed by atoms with E-state index in [1.165, 1.54) is 0 Å². The van der Waals surface area contributed by atoms with Crippen LogP contribution in [0.1, 0.15) is 54.4 Å². The molecule has 1 N–H and O–H groups in total. The minimum atomic E-state index is -0.868. The number of nitrogens with zero attached hydrogens (tertiary/aromatic N) is 2. The molecular weight excluding hydrogens is 260 g/mol. The smallest absolute Gasteiger partial charge is 0.305 e. The van der Waals surface area contributed by atoms with E-state index in [2.05, 4.69) is 5.16 Å². The van der Waals surface area contributed by atoms with E-state index in [-0.39, 0.29) is 18.4 Å². The Morgan fingerprint density at radius 3 is 2.85 bits per heavy atom. The second-order valence-electron chi connectivity index (χ2n) is 5.16. The first-order valence-electron chi connectivity index (χ1n) is 7.02. The van der Waals surface area contributed by atoms with Crippen LogP contribution in [-0.2, 0) is 11.2 Å². The fourth-order valence-electron chi connectivity index (χ4n) is 2.76. The van der Waals surface area contributed by atoms with Crippen LogP contribution in [0.5, 0.6) is 0 Å². The SMILES string of the molecule is CCc1noc(C)c1C(=O)N1CCCCC1CC(=O)O. The molecule has 0 bridgehead atoms. The van der Waals surface area contributed by atoms with Crippen molar-refractivity contribution in [1.82, 2.24) is 10.1 Å². The lowest BCUT2D eigenvalue weighted by atomic mass is 9.97. The number of rotatable bonds is 4. The van der Waals surface area contributed by atoms with Crippen molar-refractivity contribution in [2.45, 2.75) is 52.0 Å². The van der Waals surface area contributed by atoms with Gasteiger partial charge in [-0.25, -0.2) is 0 Å². The summed E-state index contributed by atoms with van der Waals surface area (Å²) in [6.07, 6.45) is 3.23. The van der Waals surface area contributed by atoms with Gasteiger partial charge in [0.1, 0.15) is 11.3 Å². The molecule has 0 radical (unpaired) electrons. The Labute approximate surface area is 117 Å². The zero-order chi connectivity index (χ0) is 14.7. The molecule has 2 heterocycles. The summed E-state index contributed by atoms with van der Waals surface area (Å²) in [7, 11) is 0. The lowest BCUT2D eigenvalue weighted by molar-refractivity contribution is -0.138. The van der Waals surface area contributed by atoms with Gasteiger partial charge in [0.15, 0.2) is 0 Å². The fourth-order valence-corrected chi connectivity index (χ4v) is 2.76. The quantitative estimate of drug-likeness (QED) is 0.912. The zero-order valence-electron chi connectivity index (χ0n) is 11.9. The van der Waals surface area contributed by atoms with E-state index >= 15 is 0 Å². The lowest BCUT2D eigenvalue weighted by Gasteiger charge is -2.35. The molecule has 1 aromatic heterocycles. The van der Waals surface area contributed by atoms with E-state index in [9.17, 15) is 9.59 Å². The molecule has 110 valence electrons. The van der Waals surface area contributed by atoms with Crippen molar-refractivity contribution in [3.05, 3.63) is 17.0 Å². The van der Waals surface area contributed by atoms with Gasteiger partial charge in [-0.15, -0.1) is 0 Å². The lowest BCUT2D eigenvalue weighted by Crippen LogP contribution is -2.45. The van der Waals surface area contributed by atoms with Crippen molar-refractivity contribution in [3.63, 3.8) is 0 Å². The van der Waals surface area contributed by atoms with Crippen molar-refractivity contribution >= 4 is 11.9 Å². The van der Waals surface area contributed by atoms with E-state index in [1.54, 1.807) is 11.8 Å². The summed E-state index contributed by atoms with van der Waals surface area (Å²) in [5, 5.41) is 12.9. The standard InChI is InChI=1S/C14H20N2O4/c1-3-11-13(9(2)20-15-11)14(19)16-7-5-4-6-10(16)8-12(17)18/h10H,3-8H2,1-2H3,(H,17,18). The minimum Gasteiger partial charge on any atom is -0.481 e. The molecule has 1 amide bonds. The molecule has 6 nitrogen and oxygen atoms in total. The highest BCUT2D eigenvalue weighted by molar-refractivity contribution is 5.96. The summed E-state index contributed by atoms with van der Waals surface area (Å²) < 4.78 is 5.10. The Morgan fingerprint density at radius 1 is 1.45 bits per heavy atom. The summed E-state index contributed by atoms with van der Waals surface area (Å²) in [6.45, 7) is 4.24.